The summed E-state index contributed by atoms with van der Waals surface area (Å²) in [6.45, 7) is 0.290. The summed E-state index contributed by atoms with van der Waals surface area (Å²) >= 11 is 0. The molecule has 2 fully saturated rings. The first-order valence-electron chi connectivity index (χ1n) is 7.53. The van der Waals surface area contributed by atoms with Gasteiger partial charge < -0.3 is 15.2 Å². The van der Waals surface area contributed by atoms with Crippen LogP contribution in [0.15, 0.2) is 18.2 Å². The average molecular weight is 283 g/mol. The van der Waals surface area contributed by atoms with E-state index in [-0.39, 0.29) is 0 Å². The molecule has 5 nitrogen and oxygen atoms in total. The maximum atomic E-state index is 6.12. The number of ether oxygens (including phenoxy) is 2. The highest BCUT2D eigenvalue weighted by Crippen LogP contribution is 2.58. The number of nitrogens with zero attached hydrogens (tertiary/aromatic N) is 1. The lowest BCUT2D eigenvalue weighted by molar-refractivity contribution is 0.174. The maximum absolute atomic E-state index is 6.12. The van der Waals surface area contributed by atoms with Crippen LogP contribution >= 0.6 is 0 Å². The van der Waals surface area contributed by atoms with Crippen molar-refractivity contribution in [3.63, 3.8) is 0 Å². The Morgan fingerprint density at radius 3 is 2.76 bits per heavy atom. The fourth-order valence-corrected chi connectivity index (χ4v) is 3.97. The van der Waals surface area contributed by atoms with Gasteiger partial charge in [-0.25, -0.2) is 0 Å². The molecular formula is C16H17N3O2. The molecule has 2 unspecified atom stereocenters. The summed E-state index contributed by atoms with van der Waals surface area (Å²) in [4.78, 5) is 0. The number of aromatic amines is 1. The molecule has 3 N–H and O–H groups in total. The fraction of sp³-hybridized carbons (Fsp3) is 0.438. The zero-order valence-corrected chi connectivity index (χ0v) is 11.6. The van der Waals surface area contributed by atoms with Crippen molar-refractivity contribution in [2.75, 3.05) is 12.5 Å². The topological polar surface area (TPSA) is 73.2 Å². The lowest BCUT2D eigenvalue weighted by Crippen LogP contribution is -1.99. The SMILES string of the molecule is Nc1n[nH]c(C2CC3CC3C2)c1-c1ccc2c(c1)OCO2. The Balaban J connectivity index is 1.57. The van der Waals surface area contributed by atoms with Gasteiger partial charge in [0.25, 0.3) is 0 Å². The second-order valence-corrected chi connectivity index (χ2v) is 6.39. The second kappa shape index (κ2) is 3.93. The summed E-state index contributed by atoms with van der Waals surface area (Å²) in [5.41, 5.74) is 9.41. The van der Waals surface area contributed by atoms with E-state index in [4.69, 9.17) is 15.2 Å². The van der Waals surface area contributed by atoms with Gasteiger partial charge in [-0.1, -0.05) is 6.07 Å². The molecule has 5 heteroatoms. The van der Waals surface area contributed by atoms with Gasteiger partial charge in [-0.3, -0.25) is 5.10 Å². The van der Waals surface area contributed by atoms with Crippen molar-refractivity contribution in [1.29, 1.82) is 0 Å². The van der Waals surface area contributed by atoms with Gasteiger partial charge in [0.05, 0.1) is 0 Å². The van der Waals surface area contributed by atoms with E-state index < -0.39 is 0 Å². The van der Waals surface area contributed by atoms with Crippen molar-refractivity contribution in [3.8, 4) is 22.6 Å². The average Bonchev–Trinajstić information content (AvgIpc) is 2.90. The zero-order valence-electron chi connectivity index (χ0n) is 11.6. The molecule has 1 aromatic heterocycles. The van der Waals surface area contributed by atoms with Crippen LogP contribution in [0.25, 0.3) is 11.1 Å². The normalized spacial score (nSPS) is 28.7. The Hall–Kier alpha value is -2.17. The molecule has 5 rings (SSSR count). The van der Waals surface area contributed by atoms with Crippen LogP contribution in [-0.4, -0.2) is 17.0 Å². The van der Waals surface area contributed by atoms with Crippen LogP contribution in [0.2, 0.25) is 0 Å². The van der Waals surface area contributed by atoms with Crippen molar-refractivity contribution in [1.82, 2.24) is 10.2 Å². The summed E-state index contributed by atoms with van der Waals surface area (Å²) in [6, 6.07) is 5.98. The van der Waals surface area contributed by atoms with Gasteiger partial charge in [0.1, 0.15) is 0 Å². The minimum atomic E-state index is 0.290. The highest BCUT2D eigenvalue weighted by Gasteiger charge is 2.47. The Morgan fingerprint density at radius 2 is 1.90 bits per heavy atom. The van der Waals surface area contributed by atoms with E-state index in [9.17, 15) is 0 Å². The van der Waals surface area contributed by atoms with E-state index >= 15 is 0 Å². The van der Waals surface area contributed by atoms with Crippen LogP contribution in [-0.2, 0) is 0 Å². The quantitative estimate of drug-likeness (QED) is 0.888. The Bertz CT molecular complexity index is 714. The highest BCUT2D eigenvalue weighted by atomic mass is 16.7. The van der Waals surface area contributed by atoms with Crippen LogP contribution in [0.5, 0.6) is 11.5 Å². The molecule has 0 spiro atoms. The third kappa shape index (κ3) is 1.66. The largest absolute Gasteiger partial charge is 0.454 e. The van der Waals surface area contributed by atoms with E-state index in [2.05, 4.69) is 10.2 Å². The van der Waals surface area contributed by atoms with Crippen LogP contribution in [0.1, 0.15) is 30.9 Å². The standard InChI is InChI=1S/C16H17N3O2/c17-16-14(8-1-2-12-13(6-8)21-7-20-12)15(18-19-16)11-4-9-3-10(9)5-11/h1-2,6,9-11H,3-5,7H2,(H3,17,18,19). The number of hydrogen-bond acceptors (Lipinski definition) is 4. The van der Waals surface area contributed by atoms with E-state index in [0.29, 0.717) is 18.5 Å². The van der Waals surface area contributed by atoms with Gasteiger partial charge in [-0.2, -0.15) is 5.10 Å². The zero-order chi connectivity index (χ0) is 14.0. The van der Waals surface area contributed by atoms with Crippen molar-refractivity contribution in [3.05, 3.63) is 23.9 Å². The Labute approximate surface area is 122 Å². The first-order chi connectivity index (χ1) is 10.3. The van der Waals surface area contributed by atoms with Gasteiger partial charge in [0, 0.05) is 17.2 Å². The third-order valence-corrected chi connectivity index (χ3v) is 5.14. The number of benzene rings is 1. The fourth-order valence-electron chi connectivity index (χ4n) is 3.97. The summed E-state index contributed by atoms with van der Waals surface area (Å²) < 4.78 is 10.8. The number of rotatable bonds is 2. The molecule has 0 saturated heterocycles. The Morgan fingerprint density at radius 1 is 1.10 bits per heavy atom. The van der Waals surface area contributed by atoms with Gasteiger partial charge >= 0.3 is 0 Å². The molecule has 108 valence electrons. The second-order valence-electron chi connectivity index (χ2n) is 6.39. The first kappa shape index (κ1) is 11.5. The van der Waals surface area contributed by atoms with Crippen LogP contribution in [0.3, 0.4) is 0 Å². The molecule has 2 aliphatic carbocycles. The number of H-pyrrole nitrogens is 1. The van der Waals surface area contributed by atoms with Crippen molar-refractivity contribution >= 4 is 5.82 Å². The molecule has 1 aromatic carbocycles. The molecule has 1 aliphatic heterocycles. The third-order valence-electron chi connectivity index (χ3n) is 5.14. The van der Waals surface area contributed by atoms with Crippen molar-refractivity contribution in [2.45, 2.75) is 25.2 Å². The number of anilines is 1. The number of fused-ring (bicyclic) bond motifs is 2. The minimum Gasteiger partial charge on any atom is -0.454 e. The number of nitrogen functional groups attached to an aromatic ring is 1. The molecule has 21 heavy (non-hydrogen) atoms. The van der Waals surface area contributed by atoms with Crippen molar-refractivity contribution < 1.29 is 9.47 Å². The number of nitrogens with two attached hydrogens (primary N) is 1. The molecular weight excluding hydrogens is 266 g/mol. The van der Waals surface area contributed by atoms with Gasteiger partial charge in [-0.05, 0) is 48.8 Å². The summed E-state index contributed by atoms with van der Waals surface area (Å²) in [5.74, 6) is 4.59. The molecule has 2 aromatic rings. The van der Waals surface area contributed by atoms with Crippen LogP contribution < -0.4 is 15.2 Å². The predicted molar refractivity (Wildman–Crippen MR) is 78.1 cm³/mol. The smallest absolute Gasteiger partial charge is 0.231 e. The lowest BCUT2D eigenvalue weighted by atomic mass is 9.93. The molecule has 2 heterocycles. The van der Waals surface area contributed by atoms with Gasteiger partial charge in [0.15, 0.2) is 17.3 Å². The summed E-state index contributed by atoms with van der Waals surface area (Å²) in [5, 5.41) is 7.43. The first-order valence-corrected chi connectivity index (χ1v) is 7.53. The summed E-state index contributed by atoms with van der Waals surface area (Å²) in [7, 11) is 0. The van der Waals surface area contributed by atoms with E-state index in [1.54, 1.807) is 0 Å². The van der Waals surface area contributed by atoms with Crippen LogP contribution in [0, 0.1) is 11.8 Å². The maximum Gasteiger partial charge on any atom is 0.231 e. The minimum absolute atomic E-state index is 0.290. The molecule has 0 radical (unpaired) electrons. The van der Waals surface area contributed by atoms with E-state index in [0.717, 1.165) is 34.5 Å². The molecule has 2 atom stereocenters. The molecule has 2 saturated carbocycles. The molecule has 0 bridgehead atoms. The number of aromatic nitrogens is 2. The highest BCUT2D eigenvalue weighted by molar-refractivity contribution is 5.78. The monoisotopic (exact) mass is 283 g/mol. The van der Waals surface area contributed by atoms with Gasteiger partial charge in [-0.15, -0.1) is 0 Å². The molecule has 0 amide bonds. The van der Waals surface area contributed by atoms with E-state index in [1.165, 1.54) is 25.0 Å². The van der Waals surface area contributed by atoms with E-state index in [1.807, 2.05) is 18.2 Å². The predicted octanol–water partition coefficient (Wildman–Crippen LogP) is 2.90. The Kier molecular flexibility index (Phi) is 2.15. The lowest BCUT2D eigenvalue weighted by Gasteiger charge is -2.13. The number of nitrogens with one attached hydrogen (secondary N) is 1. The van der Waals surface area contributed by atoms with Gasteiger partial charge in [0.2, 0.25) is 6.79 Å². The molecule has 3 aliphatic rings. The summed E-state index contributed by atoms with van der Waals surface area (Å²) in [6.07, 6.45) is 3.95. The number of hydrogen-bond donors (Lipinski definition) is 2. The van der Waals surface area contributed by atoms with Crippen molar-refractivity contribution in [2.24, 2.45) is 11.8 Å². The van der Waals surface area contributed by atoms with Crippen LogP contribution in [0.4, 0.5) is 5.82 Å².